The predicted octanol–water partition coefficient (Wildman–Crippen LogP) is 4.20. The number of nitrogens with one attached hydrogen (secondary N) is 1. The summed E-state index contributed by atoms with van der Waals surface area (Å²) in [6, 6.07) is 10.2. The van der Waals surface area contributed by atoms with Gasteiger partial charge in [0.05, 0.1) is 4.47 Å². The molecule has 1 aromatic heterocycles. The Kier molecular flexibility index (Phi) is 3.25. The Morgan fingerprint density at radius 3 is 2.62 bits per heavy atom. The molecule has 0 amide bonds. The number of nitrogens with zero attached hydrogens (tertiary/aromatic N) is 1. The van der Waals surface area contributed by atoms with Crippen molar-refractivity contribution in [3.63, 3.8) is 0 Å². The van der Waals surface area contributed by atoms with E-state index in [1.165, 1.54) is 11.1 Å². The maximum absolute atomic E-state index is 4.27. The van der Waals surface area contributed by atoms with Crippen LogP contribution in [0.2, 0.25) is 0 Å². The average Bonchev–Trinajstić information content (AvgIpc) is 2.27. The second-order valence-electron chi connectivity index (χ2n) is 3.76. The fourth-order valence-corrected chi connectivity index (χ4v) is 1.79. The Morgan fingerprint density at radius 2 is 1.94 bits per heavy atom. The number of rotatable bonds is 2. The SMILES string of the molecule is Cc1ccc(Nc2ncccc2Br)cc1C. The van der Waals surface area contributed by atoms with E-state index < -0.39 is 0 Å². The molecule has 16 heavy (non-hydrogen) atoms. The quantitative estimate of drug-likeness (QED) is 0.889. The van der Waals surface area contributed by atoms with Crippen molar-refractivity contribution in [2.45, 2.75) is 13.8 Å². The average molecular weight is 277 g/mol. The highest BCUT2D eigenvalue weighted by molar-refractivity contribution is 9.10. The van der Waals surface area contributed by atoms with Gasteiger partial charge in [-0.1, -0.05) is 6.07 Å². The lowest BCUT2D eigenvalue weighted by Crippen LogP contribution is -1.95. The van der Waals surface area contributed by atoms with Crippen LogP contribution in [0.1, 0.15) is 11.1 Å². The lowest BCUT2D eigenvalue weighted by atomic mass is 10.1. The number of anilines is 2. The highest BCUT2D eigenvalue weighted by Gasteiger charge is 2.01. The van der Waals surface area contributed by atoms with Gasteiger partial charge in [0, 0.05) is 11.9 Å². The van der Waals surface area contributed by atoms with Crippen molar-refractivity contribution in [1.29, 1.82) is 0 Å². The van der Waals surface area contributed by atoms with Gasteiger partial charge in [-0.05, 0) is 65.2 Å². The van der Waals surface area contributed by atoms with Gasteiger partial charge in [0.15, 0.2) is 0 Å². The highest BCUT2D eigenvalue weighted by Crippen LogP contribution is 2.24. The number of pyridine rings is 1. The first kappa shape index (κ1) is 11.1. The van der Waals surface area contributed by atoms with E-state index in [0.717, 1.165) is 16.0 Å². The van der Waals surface area contributed by atoms with Crippen LogP contribution in [0.3, 0.4) is 0 Å². The molecule has 0 radical (unpaired) electrons. The van der Waals surface area contributed by atoms with Crippen LogP contribution in [0, 0.1) is 13.8 Å². The minimum Gasteiger partial charge on any atom is -0.339 e. The Labute approximate surface area is 104 Å². The molecule has 0 aliphatic heterocycles. The monoisotopic (exact) mass is 276 g/mol. The number of aryl methyl sites for hydroxylation is 2. The molecule has 1 heterocycles. The number of hydrogen-bond donors (Lipinski definition) is 1. The number of halogens is 1. The van der Waals surface area contributed by atoms with Gasteiger partial charge in [0.2, 0.25) is 0 Å². The van der Waals surface area contributed by atoms with Crippen molar-refractivity contribution in [3.8, 4) is 0 Å². The molecule has 0 fully saturated rings. The minimum atomic E-state index is 0.839. The van der Waals surface area contributed by atoms with Crippen LogP contribution in [0.5, 0.6) is 0 Å². The third kappa shape index (κ3) is 2.42. The molecule has 0 bridgehead atoms. The fourth-order valence-electron chi connectivity index (χ4n) is 1.43. The molecule has 3 heteroatoms. The summed E-state index contributed by atoms with van der Waals surface area (Å²) >= 11 is 3.46. The van der Waals surface area contributed by atoms with E-state index in [2.05, 4.69) is 58.3 Å². The van der Waals surface area contributed by atoms with E-state index in [1.54, 1.807) is 6.20 Å². The molecule has 82 valence electrons. The van der Waals surface area contributed by atoms with E-state index >= 15 is 0 Å². The zero-order valence-corrected chi connectivity index (χ0v) is 10.9. The van der Waals surface area contributed by atoms with Gasteiger partial charge in [-0.15, -0.1) is 0 Å². The normalized spacial score (nSPS) is 10.2. The molecule has 0 spiro atoms. The molecule has 0 aliphatic rings. The van der Waals surface area contributed by atoms with E-state index in [0.29, 0.717) is 0 Å². The second kappa shape index (κ2) is 4.66. The van der Waals surface area contributed by atoms with Crippen LogP contribution in [-0.2, 0) is 0 Å². The van der Waals surface area contributed by atoms with Crippen molar-refractivity contribution in [1.82, 2.24) is 4.98 Å². The maximum atomic E-state index is 4.27. The van der Waals surface area contributed by atoms with Crippen LogP contribution in [0.25, 0.3) is 0 Å². The molecule has 2 aromatic rings. The summed E-state index contributed by atoms with van der Waals surface area (Å²) in [5.74, 6) is 0.839. The van der Waals surface area contributed by atoms with E-state index in [9.17, 15) is 0 Å². The highest BCUT2D eigenvalue weighted by atomic mass is 79.9. The van der Waals surface area contributed by atoms with Crippen LogP contribution in [0.15, 0.2) is 41.0 Å². The third-order valence-corrected chi connectivity index (χ3v) is 3.17. The van der Waals surface area contributed by atoms with Gasteiger partial charge in [0.25, 0.3) is 0 Å². The van der Waals surface area contributed by atoms with E-state index in [1.807, 2.05) is 12.1 Å². The summed E-state index contributed by atoms with van der Waals surface area (Å²) in [5, 5.41) is 3.28. The van der Waals surface area contributed by atoms with Crippen molar-refractivity contribution < 1.29 is 0 Å². The number of benzene rings is 1. The van der Waals surface area contributed by atoms with Crippen LogP contribution >= 0.6 is 15.9 Å². The first-order valence-electron chi connectivity index (χ1n) is 5.11. The lowest BCUT2D eigenvalue weighted by molar-refractivity contribution is 1.28. The zero-order valence-electron chi connectivity index (χ0n) is 9.29. The predicted molar refractivity (Wildman–Crippen MR) is 71.1 cm³/mol. The van der Waals surface area contributed by atoms with Gasteiger partial charge in [-0.3, -0.25) is 0 Å². The lowest BCUT2D eigenvalue weighted by Gasteiger charge is -2.09. The number of hydrogen-bond acceptors (Lipinski definition) is 2. The smallest absolute Gasteiger partial charge is 0.144 e. The second-order valence-corrected chi connectivity index (χ2v) is 4.61. The summed E-state index contributed by atoms with van der Waals surface area (Å²) in [5.41, 5.74) is 3.63. The Morgan fingerprint density at radius 1 is 1.12 bits per heavy atom. The first-order valence-corrected chi connectivity index (χ1v) is 5.91. The summed E-state index contributed by atoms with van der Waals surface area (Å²) in [6.07, 6.45) is 1.77. The Hall–Kier alpha value is -1.35. The molecule has 0 unspecified atom stereocenters. The summed E-state index contributed by atoms with van der Waals surface area (Å²) in [6.45, 7) is 4.21. The van der Waals surface area contributed by atoms with Gasteiger partial charge in [0.1, 0.15) is 5.82 Å². The molecule has 0 saturated carbocycles. The Balaban J connectivity index is 2.28. The topological polar surface area (TPSA) is 24.9 Å². The van der Waals surface area contributed by atoms with Crippen LogP contribution in [0.4, 0.5) is 11.5 Å². The van der Waals surface area contributed by atoms with Gasteiger partial charge < -0.3 is 5.32 Å². The molecule has 1 N–H and O–H groups in total. The fraction of sp³-hybridized carbons (Fsp3) is 0.154. The summed E-state index contributed by atoms with van der Waals surface area (Å²) in [7, 11) is 0. The van der Waals surface area contributed by atoms with Gasteiger partial charge >= 0.3 is 0 Å². The van der Waals surface area contributed by atoms with Crippen LogP contribution in [-0.4, -0.2) is 4.98 Å². The minimum absolute atomic E-state index is 0.839. The molecule has 2 rings (SSSR count). The van der Waals surface area contributed by atoms with Crippen molar-refractivity contribution in [2.75, 3.05) is 5.32 Å². The molecule has 0 aliphatic carbocycles. The van der Waals surface area contributed by atoms with Crippen molar-refractivity contribution >= 4 is 27.4 Å². The van der Waals surface area contributed by atoms with Gasteiger partial charge in [-0.25, -0.2) is 4.98 Å². The summed E-state index contributed by atoms with van der Waals surface area (Å²) in [4.78, 5) is 4.27. The number of aromatic nitrogens is 1. The Bertz CT molecular complexity index is 509. The molecule has 2 nitrogen and oxygen atoms in total. The molecular formula is C13H13BrN2. The van der Waals surface area contributed by atoms with E-state index in [-0.39, 0.29) is 0 Å². The molecule has 0 atom stereocenters. The zero-order chi connectivity index (χ0) is 11.5. The first-order chi connectivity index (χ1) is 7.66. The molecule has 0 saturated heterocycles. The van der Waals surface area contributed by atoms with Crippen molar-refractivity contribution in [2.24, 2.45) is 0 Å². The van der Waals surface area contributed by atoms with Crippen LogP contribution < -0.4 is 5.32 Å². The van der Waals surface area contributed by atoms with Gasteiger partial charge in [-0.2, -0.15) is 0 Å². The molecule has 1 aromatic carbocycles. The summed E-state index contributed by atoms with van der Waals surface area (Å²) < 4.78 is 0.966. The van der Waals surface area contributed by atoms with E-state index in [4.69, 9.17) is 0 Å². The molecular weight excluding hydrogens is 264 g/mol. The maximum Gasteiger partial charge on any atom is 0.144 e. The van der Waals surface area contributed by atoms with Crippen molar-refractivity contribution in [3.05, 3.63) is 52.1 Å². The standard InChI is InChI=1S/C13H13BrN2/c1-9-5-6-11(8-10(9)2)16-13-12(14)4-3-7-15-13/h3-8H,1-2H3,(H,15,16). The largest absolute Gasteiger partial charge is 0.339 e. The third-order valence-electron chi connectivity index (χ3n) is 2.53.